The van der Waals surface area contributed by atoms with Crippen LogP contribution in [0.4, 0.5) is 0 Å². The Morgan fingerprint density at radius 3 is 2.61 bits per heavy atom. The molecule has 0 radical (unpaired) electrons. The predicted octanol–water partition coefficient (Wildman–Crippen LogP) is 5.05. The summed E-state index contributed by atoms with van der Waals surface area (Å²) >= 11 is 9.27. The number of benzene rings is 1. The minimum Gasteiger partial charge on any atom is -0.348 e. The molecular weight excluding hydrogens is 440 g/mol. The third-order valence-corrected chi connectivity index (χ3v) is 4.86. The average Bonchev–Trinajstić information content (AvgIpc) is 3.12. The average molecular weight is 458 g/mol. The van der Waals surface area contributed by atoms with Gasteiger partial charge in [-0.05, 0) is 64.8 Å². The van der Waals surface area contributed by atoms with Crippen LogP contribution in [0.15, 0.2) is 66.1 Å². The molecule has 3 aromatic rings. The molecule has 1 aromatic carbocycles. The van der Waals surface area contributed by atoms with E-state index < -0.39 is 0 Å². The van der Waals surface area contributed by atoms with Gasteiger partial charge < -0.3 is 5.32 Å². The van der Waals surface area contributed by atoms with Crippen molar-refractivity contribution in [2.45, 2.75) is 13.5 Å². The topological polar surface area (TPSA) is 59.8 Å². The van der Waals surface area contributed by atoms with Gasteiger partial charge in [-0.3, -0.25) is 4.79 Å². The van der Waals surface area contributed by atoms with Crippen LogP contribution < -0.4 is 5.32 Å². The smallest absolute Gasteiger partial charge is 0.251 e. The second kappa shape index (κ2) is 8.99. The van der Waals surface area contributed by atoms with Gasteiger partial charge in [-0.1, -0.05) is 30.3 Å². The Morgan fingerprint density at radius 1 is 1.25 bits per heavy atom. The van der Waals surface area contributed by atoms with Gasteiger partial charge in [-0.2, -0.15) is 5.10 Å². The number of pyridine rings is 1. The van der Waals surface area contributed by atoms with Crippen molar-refractivity contribution in [3.8, 4) is 5.69 Å². The van der Waals surface area contributed by atoms with Gasteiger partial charge >= 0.3 is 0 Å². The number of carbonyl (C=O) groups excluding carboxylic acids is 1. The Balaban J connectivity index is 1.84. The highest BCUT2D eigenvalue weighted by molar-refractivity contribution is 9.10. The molecular formula is C21H18BrClN4O. The van der Waals surface area contributed by atoms with Crippen molar-refractivity contribution in [3.05, 3.63) is 87.9 Å². The molecule has 5 nitrogen and oxygen atoms in total. The van der Waals surface area contributed by atoms with Crippen molar-refractivity contribution >= 4 is 45.1 Å². The zero-order chi connectivity index (χ0) is 20.1. The van der Waals surface area contributed by atoms with Crippen molar-refractivity contribution in [1.29, 1.82) is 0 Å². The Hall–Kier alpha value is -2.70. The minimum absolute atomic E-state index is 0.191. The summed E-state index contributed by atoms with van der Waals surface area (Å²) in [5, 5.41) is 8.00. The molecule has 0 bridgehead atoms. The van der Waals surface area contributed by atoms with Gasteiger partial charge in [-0.15, -0.1) is 0 Å². The number of nitrogens with zero attached hydrogens (tertiary/aromatic N) is 3. The first-order chi connectivity index (χ1) is 13.5. The summed E-state index contributed by atoms with van der Waals surface area (Å²) in [4.78, 5) is 16.9. The summed E-state index contributed by atoms with van der Waals surface area (Å²) in [5.74, 6) is -0.191. The van der Waals surface area contributed by atoms with Gasteiger partial charge in [0.05, 0.1) is 17.6 Å². The first-order valence-electron chi connectivity index (χ1n) is 8.55. The van der Waals surface area contributed by atoms with Crippen molar-refractivity contribution < 1.29 is 4.79 Å². The molecule has 0 unspecified atom stereocenters. The largest absolute Gasteiger partial charge is 0.348 e. The molecule has 0 atom stereocenters. The van der Waals surface area contributed by atoms with Gasteiger partial charge in [0.1, 0.15) is 4.60 Å². The molecule has 0 aliphatic rings. The van der Waals surface area contributed by atoms with E-state index in [2.05, 4.69) is 37.9 Å². The Bertz CT molecular complexity index is 1020. The van der Waals surface area contributed by atoms with Crippen molar-refractivity contribution in [2.75, 3.05) is 0 Å². The second-order valence-corrected chi connectivity index (χ2v) is 7.16. The number of aromatic nitrogens is 3. The van der Waals surface area contributed by atoms with Crippen LogP contribution in [0, 0.1) is 0 Å². The molecule has 0 saturated heterocycles. The Kier molecular flexibility index (Phi) is 6.44. The number of hydrogen-bond donors (Lipinski definition) is 1. The maximum absolute atomic E-state index is 12.8. The zero-order valence-corrected chi connectivity index (χ0v) is 17.5. The van der Waals surface area contributed by atoms with Crippen LogP contribution in [0.2, 0.25) is 5.02 Å². The second-order valence-electron chi connectivity index (χ2n) is 5.91. The monoisotopic (exact) mass is 456 g/mol. The number of allylic oxidation sites excluding steroid dienone is 1. The summed E-state index contributed by atoms with van der Waals surface area (Å²) in [7, 11) is 0. The van der Waals surface area contributed by atoms with Gasteiger partial charge in [0.2, 0.25) is 0 Å². The molecule has 0 aliphatic carbocycles. The fraction of sp³-hybridized carbons (Fsp3) is 0.0952. The minimum atomic E-state index is -0.191. The molecule has 3 rings (SSSR count). The zero-order valence-electron chi connectivity index (χ0n) is 15.2. The van der Waals surface area contributed by atoms with E-state index in [9.17, 15) is 4.79 Å². The van der Waals surface area contributed by atoms with Crippen molar-refractivity contribution in [1.82, 2.24) is 20.1 Å². The summed E-state index contributed by atoms with van der Waals surface area (Å²) in [6, 6.07) is 11.1. The van der Waals surface area contributed by atoms with Gasteiger partial charge in [-0.25, -0.2) is 9.67 Å². The first-order valence-corrected chi connectivity index (χ1v) is 9.72. The van der Waals surface area contributed by atoms with E-state index in [4.69, 9.17) is 11.6 Å². The lowest BCUT2D eigenvalue weighted by Gasteiger charge is -2.10. The summed E-state index contributed by atoms with van der Waals surface area (Å²) < 4.78 is 2.48. The summed E-state index contributed by atoms with van der Waals surface area (Å²) in [6.07, 6.45) is 6.84. The molecule has 0 aliphatic heterocycles. The third kappa shape index (κ3) is 4.40. The number of halogens is 2. The van der Waals surface area contributed by atoms with Crippen molar-refractivity contribution in [2.24, 2.45) is 0 Å². The van der Waals surface area contributed by atoms with E-state index in [1.165, 1.54) is 0 Å². The Labute approximate surface area is 176 Å². The first kappa shape index (κ1) is 20.0. The van der Waals surface area contributed by atoms with Crippen LogP contribution >= 0.6 is 27.5 Å². The molecule has 1 N–H and O–H groups in total. The van der Waals surface area contributed by atoms with E-state index in [0.29, 0.717) is 22.7 Å². The standard InChI is InChI=1S/C21H18BrClN4O/c1-3-17(21(28)25-12-14-5-10-20(22)24-11-14)18-13-26-27(19(18)4-2)16-8-6-15(23)7-9-16/h3-11,13H,2,12H2,1H3,(H,25,28)/b17-3+. The van der Waals surface area contributed by atoms with Crippen LogP contribution in [0.3, 0.4) is 0 Å². The van der Waals surface area contributed by atoms with E-state index in [1.54, 1.807) is 41.4 Å². The Morgan fingerprint density at radius 2 is 2.00 bits per heavy atom. The molecule has 1 amide bonds. The van der Waals surface area contributed by atoms with Crippen LogP contribution in [0.1, 0.15) is 23.7 Å². The highest BCUT2D eigenvalue weighted by Gasteiger charge is 2.18. The van der Waals surface area contributed by atoms with E-state index in [-0.39, 0.29) is 5.91 Å². The molecule has 0 spiro atoms. The number of carbonyl (C=O) groups is 1. The lowest BCUT2D eigenvalue weighted by atomic mass is 10.1. The van der Waals surface area contributed by atoms with Crippen LogP contribution in [0.5, 0.6) is 0 Å². The van der Waals surface area contributed by atoms with Gasteiger partial charge in [0.15, 0.2) is 0 Å². The normalized spacial score (nSPS) is 11.3. The third-order valence-electron chi connectivity index (χ3n) is 4.14. The van der Waals surface area contributed by atoms with Gasteiger partial charge in [0, 0.05) is 28.9 Å². The van der Waals surface area contributed by atoms with Gasteiger partial charge in [0.25, 0.3) is 5.91 Å². The molecule has 0 fully saturated rings. The molecule has 7 heteroatoms. The van der Waals surface area contributed by atoms with Crippen molar-refractivity contribution in [3.63, 3.8) is 0 Å². The maximum atomic E-state index is 12.8. The maximum Gasteiger partial charge on any atom is 0.251 e. The number of hydrogen-bond acceptors (Lipinski definition) is 3. The molecule has 0 saturated carbocycles. The van der Waals surface area contributed by atoms with Crippen LogP contribution in [0.25, 0.3) is 17.3 Å². The highest BCUT2D eigenvalue weighted by atomic mass is 79.9. The fourth-order valence-corrected chi connectivity index (χ4v) is 3.11. The molecule has 2 heterocycles. The lowest BCUT2D eigenvalue weighted by molar-refractivity contribution is -0.115. The quantitative estimate of drug-likeness (QED) is 0.416. The van der Waals surface area contributed by atoms with E-state index >= 15 is 0 Å². The SMILES string of the molecule is C=Cc1c(/C(=C\C)C(=O)NCc2ccc(Br)nc2)cnn1-c1ccc(Cl)cc1. The number of nitrogens with one attached hydrogen (secondary N) is 1. The summed E-state index contributed by atoms with van der Waals surface area (Å²) in [6.45, 7) is 6.09. The molecule has 142 valence electrons. The lowest BCUT2D eigenvalue weighted by Crippen LogP contribution is -2.24. The van der Waals surface area contributed by atoms with E-state index in [0.717, 1.165) is 21.5 Å². The molecule has 28 heavy (non-hydrogen) atoms. The fourth-order valence-electron chi connectivity index (χ4n) is 2.75. The summed E-state index contributed by atoms with van der Waals surface area (Å²) in [5.41, 5.74) is 3.71. The van der Waals surface area contributed by atoms with Crippen LogP contribution in [-0.4, -0.2) is 20.7 Å². The molecule has 2 aromatic heterocycles. The highest BCUT2D eigenvalue weighted by Crippen LogP contribution is 2.24. The van der Waals surface area contributed by atoms with E-state index in [1.807, 2.05) is 31.2 Å². The number of rotatable bonds is 6. The number of amides is 1. The predicted molar refractivity (Wildman–Crippen MR) is 116 cm³/mol. The van der Waals surface area contributed by atoms with Crippen LogP contribution in [-0.2, 0) is 11.3 Å².